The first-order valence-corrected chi connectivity index (χ1v) is 11.3. The minimum atomic E-state index is -0.389. The van der Waals surface area contributed by atoms with Crippen molar-refractivity contribution < 1.29 is 18.7 Å². The monoisotopic (exact) mass is 470 g/mol. The van der Waals surface area contributed by atoms with Crippen LogP contribution in [0.2, 0.25) is 0 Å². The second kappa shape index (κ2) is 9.42. The number of benzene rings is 3. The van der Waals surface area contributed by atoms with Gasteiger partial charge in [-0.3, -0.25) is 9.59 Å². The van der Waals surface area contributed by atoms with Crippen LogP contribution in [-0.2, 0) is 12.8 Å². The van der Waals surface area contributed by atoms with Crippen molar-refractivity contribution in [3.05, 3.63) is 101 Å². The summed E-state index contributed by atoms with van der Waals surface area (Å²) >= 11 is 0. The van der Waals surface area contributed by atoms with Crippen molar-refractivity contribution in [3.8, 4) is 11.4 Å². The quantitative estimate of drug-likeness (QED) is 0.415. The maximum absolute atomic E-state index is 14.4. The van der Waals surface area contributed by atoms with E-state index in [9.17, 15) is 14.0 Å². The summed E-state index contributed by atoms with van der Waals surface area (Å²) in [7, 11) is 1.58. The Balaban J connectivity index is 1.30. The number of para-hydroxylation sites is 1. The molecule has 7 nitrogen and oxygen atoms in total. The Kier molecular flexibility index (Phi) is 6.01. The van der Waals surface area contributed by atoms with Gasteiger partial charge < -0.3 is 15.4 Å². The van der Waals surface area contributed by atoms with Crippen LogP contribution < -0.4 is 15.4 Å². The molecule has 2 amide bonds. The van der Waals surface area contributed by atoms with Gasteiger partial charge in [-0.15, -0.1) is 0 Å². The number of aromatic nitrogens is 2. The normalized spacial score (nSPS) is 12.2. The van der Waals surface area contributed by atoms with Gasteiger partial charge in [-0.05, 0) is 79.9 Å². The Morgan fingerprint density at radius 1 is 0.886 bits per heavy atom. The van der Waals surface area contributed by atoms with Crippen LogP contribution in [0.15, 0.2) is 72.8 Å². The molecule has 1 aliphatic carbocycles. The van der Waals surface area contributed by atoms with Crippen molar-refractivity contribution in [1.29, 1.82) is 0 Å². The Morgan fingerprint density at radius 3 is 2.23 bits per heavy atom. The molecular weight excluding hydrogens is 447 g/mol. The lowest BCUT2D eigenvalue weighted by Crippen LogP contribution is -2.16. The van der Waals surface area contributed by atoms with E-state index in [0.717, 1.165) is 30.5 Å². The number of ether oxygens (including phenoxy) is 1. The van der Waals surface area contributed by atoms with E-state index in [1.165, 1.54) is 6.07 Å². The van der Waals surface area contributed by atoms with Crippen molar-refractivity contribution in [3.63, 3.8) is 0 Å². The van der Waals surface area contributed by atoms with Gasteiger partial charge in [-0.1, -0.05) is 12.1 Å². The number of carbonyl (C=O) groups is 2. The van der Waals surface area contributed by atoms with Gasteiger partial charge in [0.1, 0.15) is 17.3 Å². The van der Waals surface area contributed by atoms with E-state index in [1.54, 1.807) is 78.5 Å². The van der Waals surface area contributed by atoms with Gasteiger partial charge in [-0.2, -0.15) is 5.10 Å². The average molecular weight is 471 g/mol. The number of anilines is 2. The Morgan fingerprint density at radius 2 is 1.54 bits per heavy atom. The topological polar surface area (TPSA) is 85.2 Å². The first-order valence-electron chi connectivity index (χ1n) is 11.3. The number of hydrogen-bond donors (Lipinski definition) is 2. The highest BCUT2D eigenvalue weighted by atomic mass is 19.1. The maximum Gasteiger partial charge on any atom is 0.276 e. The third-order valence-electron chi connectivity index (χ3n) is 5.98. The predicted octanol–water partition coefficient (Wildman–Crippen LogP) is 5.01. The van der Waals surface area contributed by atoms with Crippen LogP contribution in [0.1, 0.15) is 38.5 Å². The summed E-state index contributed by atoms with van der Waals surface area (Å²) in [6.07, 6.45) is 2.35. The third kappa shape index (κ3) is 4.50. The molecule has 0 bridgehead atoms. The second-order valence-electron chi connectivity index (χ2n) is 8.20. The molecule has 5 rings (SSSR count). The molecule has 4 aromatic rings. The molecule has 1 aliphatic rings. The fourth-order valence-corrected chi connectivity index (χ4v) is 4.22. The van der Waals surface area contributed by atoms with E-state index in [2.05, 4.69) is 15.7 Å². The van der Waals surface area contributed by atoms with E-state index in [-0.39, 0.29) is 17.6 Å². The predicted molar refractivity (Wildman–Crippen MR) is 131 cm³/mol. The fourth-order valence-electron chi connectivity index (χ4n) is 4.22. The Bertz CT molecular complexity index is 1400. The highest BCUT2D eigenvalue weighted by Crippen LogP contribution is 2.29. The standard InChI is InChI=1S/C27H23FN4O3/c1-35-20-15-13-19(14-16-20)29-26(33)17-9-11-18(12-10-17)30-27(34)25-21-5-4-8-23(21)32(31-25)24-7-3-2-6-22(24)28/h2-3,6-7,9-16H,4-5,8H2,1H3,(H,29,33)(H,30,34). The van der Waals surface area contributed by atoms with Crippen LogP contribution in [0.5, 0.6) is 5.75 Å². The first kappa shape index (κ1) is 22.3. The molecule has 35 heavy (non-hydrogen) atoms. The molecular formula is C27H23FN4O3. The lowest BCUT2D eigenvalue weighted by Gasteiger charge is -2.08. The summed E-state index contributed by atoms with van der Waals surface area (Å²) in [5, 5.41) is 10.1. The minimum Gasteiger partial charge on any atom is -0.497 e. The summed E-state index contributed by atoms with van der Waals surface area (Å²) in [6, 6.07) is 20.0. The van der Waals surface area contributed by atoms with E-state index in [4.69, 9.17) is 4.74 Å². The summed E-state index contributed by atoms with van der Waals surface area (Å²) in [4.78, 5) is 25.6. The number of nitrogens with one attached hydrogen (secondary N) is 2. The van der Waals surface area contributed by atoms with Gasteiger partial charge in [-0.25, -0.2) is 9.07 Å². The number of halogens is 1. The first-order chi connectivity index (χ1) is 17.0. The molecule has 0 unspecified atom stereocenters. The van der Waals surface area contributed by atoms with Gasteiger partial charge in [0.15, 0.2) is 5.69 Å². The number of nitrogens with zero attached hydrogens (tertiary/aromatic N) is 2. The molecule has 1 heterocycles. The molecule has 0 saturated heterocycles. The molecule has 8 heteroatoms. The van der Waals surface area contributed by atoms with Crippen molar-refractivity contribution in [2.45, 2.75) is 19.3 Å². The molecule has 0 fully saturated rings. The van der Waals surface area contributed by atoms with Crippen molar-refractivity contribution in [1.82, 2.24) is 9.78 Å². The van der Waals surface area contributed by atoms with Gasteiger partial charge in [0.05, 0.1) is 7.11 Å². The van der Waals surface area contributed by atoms with Crippen LogP contribution in [0.3, 0.4) is 0 Å². The molecule has 3 aromatic carbocycles. The van der Waals surface area contributed by atoms with Crippen molar-refractivity contribution in [2.75, 3.05) is 17.7 Å². The zero-order valence-electron chi connectivity index (χ0n) is 19.0. The highest BCUT2D eigenvalue weighted by molar-refractivity contribution is 6.06. The smallest absolute Gasteiger partial charge is 0.276 e. The Hall–Kier alpha value is -4.46. The minimum absolute atomic E-state index is 0.269. The van der Waals surface area contributed by atoms with Gasteiger partial charge in [0.25, 0.3) is 11.8 Å². The van der Waals surface area contributed by atoms with E-state index >= 15 is 0 Å². The molecule has 0 spiro atoms. The largest absolute Gasteiger partial charge is 0.497 e. The summed E-state index contributed by atoms with van der Waals surface area (Å²) in [6.45, 7) is 0. The molecule has 0 saturated carbocycles. The summed E-state index contributed by atoms with van der Waals surface area (Å²) in [5.74, 6) is -0.323. The SMILES string of the molecule is COc1ccc(NC(=O)c2ccc(NC(=O)c3nn(-c4ccccc4F)c4c3CCC4)cc2)cc1. The number of fused-ring (bicyclic) bond motifs is 1. The van der Waals surface area contributed by atoms with Crippen LogP contribution in [0.25, 0.3) is 5.69 Å². The van der Waals surface area contributed by atoms with Crippen molar-refractivity contribution >= 4 is 23.2 Å². The maximum atomic E-state index is 14.4. The number of methoxy groups -OCH3 is 1. The van der Waals surface area contributed by atoms with Gasteiger partial charge >= 0.3 is 0 Å². The molecule has 0 radical (unpaired) electrons. The van der Waals surface area contributed by atoms with Crippen LogP contribution in [-0.4, -0.2) is 28.7 Å². The fraction of sp³-hybridized carbons (Fsp3) is 0.148. The molecule has 0 aliphatic heterocycles. The molecule has 2 N–H and O–H groups in total. The zero-order chi connectivity index (χ0) is 24.4. The van der Waals surface area contributed by atoms with Gasteiger partial charge in [0.2, 0.25) is 0 Å². The van der Waals surface area contributed by atoms with Crippen LogP contribution in [0.4, 0.5) is 15.8 Å². The second-order valence-corrected chi connectivity index (χ2v) is 8.20. The Labute approximate surface area is 201 Å². The third-order valence-corrected chi connectivity index (χ3v) is 5.98. The average Bonchev–Trinajstić information content (AvgIpc) is 3.48. The summed E-state index contributed by atoms with van der Waals surface area (Å²) in [5.41, 5.74) is 3.96. The highest BCUT2D eigenvalue weighted by Gasteiger charge is 2.27. The number of rotatable bonds is 6. The lowest BCUT2D eigenvalue weighted by molar-refractivity contribution is 0.101. The van der Waals surface area contributed by atoms with E-state index in [1.807, 2.05) is 0 Å². The number of carbonyl (C=O) groups excluding carboxylic acids is 2. The number of hydrogen-bond acceptors (Lipinski definition) is 4. The van der Waals surface area contributed by atoms with E-state index in [0.29, 0.717) is 34.1 Å². The van der Waals surface area contributed by atoms with Crippen LogP contribution in [0, 0.1) is 5.82 Å². The van der Waals surface area contributed by atoms with Crippen LogP contribution >= 0.6 is 0 Å². The molecule has 0 atom stereocenters. The molecule has 176 valence electrons. The lowest BCUT2D eigenvalue weighted by atomic mass is 10.1. The zero-order valence-corrected chi connectivity index (χ0v) is 19.0. The van der Waals surface area contributed by atoms with Crippen molar-refractivity contribution in [2.24, 2.45) is 0 Å². The number of amides is 2. The van der Waals surface area contributed by atoms with Gasteiger partial charge in [0, 0.05) is 28.2 Å². The molecule has 1 aromatic heterocycles. The van der Waals surface area contributed by atoms with E-state index < -0.39 is 0 Å². The summed E-state index contributed by atoms with van der Waals surface area (Å²) < 4.78 is 21.0.